The van der Waals surface area contributed by atoms with E-state index in [1.54, 1.807) is 0 Å². The van der Waals surface area contributed by atoms with Crippen molar-refractivity contribution in [3.63, 3.8) is 0 Å². The number of urea groups is 1. The van der Waals surface area contributed by atoms with Crippen molar-refractivity contribution >= 4 is 17.4 Å². The Morgan fingerprint density at radius 3 is 2.14 bits per heavy atom. The number of carbonyl (C=O) groups is 1. The van der Waals surface area contributed by atoms with E-state index in [0.717, 1.165) is 28.3 Å². The molecule has 0 saturated heterocycles. The molecule has 0 saturated carbocycles. The first kappa shape index (κ1) is 15.9. The summed E-state index contributed by atoms with van der Waals surface area (Å²) in [6.07, 6.45) is 0. The molecule has 2 aromatic carbocycles. The predicted octanol–water partition coefficient (Wildman–Crippen LogP) is 4.65. The fraction of sp³-hybridized carbons (Fsp3) is 0.278. The summed E-state index contributed by atoms with van der Waals surface area (Å²) in [7, 11) is 0. The molecule has 2 aromatic rings. The van der Waals surface area contributed by atoms with Gasteiger partial charge in [-0.2, -0.15) is 0 Å². The highest BCUT2D eigenvalue weighted by atomic mass is 16.5. The van der Waals surface area contributed by atoms with E-state index in [9.17, 15) is 4.79 Å². The topological polar surface area (TPSA) is 50.4 Å². The summed E-state index contributed by atoms with van der Waals surface area (Å²) in [5, 5.41) is 5.74. The van der Waals surface area contributed by atoms with Crippen molar-refractivity contribution < 1.29 is 9.53 Å². The minimum Gasteiger partial charge on any atom is -0.494 e. The summed E-state index contributed by atoms with van der Waals surface area (Å²) in [6, 6.07) is 11.2. The Bertz CT molecular complexity index is 640. The summed E-state index contributed by atoms with van der Waals surface area (Å²) >= 11 is 0. The van der Waals surface area contributed by atoms with Crippen LogP contribution in [0.1, 0.15) is 23.6 Å². The van der Waals surface area contributed by atoms with Crippen LogP contribution in [0.15, 0.2) is 36.4 Å². The van der Waals surface area contributed by atoms with Crippen LogP contribution >= 0.6 is 0 Å². The van der Waals surface area contributed by atoms with Gasteiger partial charge in [0.25, 0.3) is 0 Å². The molecule has 0 unspecified atom stereocenters. The molecule has 2 rings (SSSR count). The van der Waals surface area contributed by atoms with Crippen LogP contribution in [0, 0.1) is 20.8 Å². The number of hydrogen-bond acceptors (Lipinski definition) is 2. The van der Waals surface area contributed by atoms with Gasteiger partial charge in [-0.15, -0.1) is 0 Å². The summed E-state index contributed by atoms with van der Waals surface area (Å²) < 4.78 is 5.38. The van der Waals surface area contributed by atoms with Gasteiger partial charge in [-0.1, -0.05) is 17.7 Å². The van der Waals surface area contributed by atoms with Crippen LogP contribution < -0.4 is 15.4 Å². The number of aryl methyl sites for hydroxylation is 3. The molecule has 0 fully saturated rings. The Hall–Kier alpha value is -2.49. The molecule has 0 aliphatic rings. The van der Waals surface area contributed by atoms with Gasteiger partial charge in [0.15, 0.2) is 0 Å². The highest BCUT2D eigenvalue weighted by Crippen LogP contribution is 2.22. The molecule has 116 valence electrons. The summed E-state index contributed by atoms with van der Waals surface area (Å²) in [4.78, 5) is 12.1. The SMILES string of the molecule is CCOc1ccc(NC(=O)Nc2c(C)cc(C)cc2C)cc1. The molecule has 0 aliphatic heterocycles. The second-order valence-electron chi connectivity index (χ2n) is 5.31. The highest BCUT2D eigenvalue weighted by molar-refractivity contribution is 6.00. The van der Waals surface area contributed by atoms with Gasteiger partial charge in [0.1, 0.15) is 5.75 Å². The lowest BCUT2D eigenvalue weighted by Crippen LogP contribution is -2.20. The molecule has 2 amide bonds. The van der Waals surface area contributed by atoms with Gasteiger partial charge >= 0.3 is 6.03 Å². The van der Waals surface area contributed by atoms with Crippen LogP contribution in [-0.4, -0.2) is 12.6 Å². The maximum absolute atomic E-state index is 12.1. The Morgan fingerprint density at radius 1 is 1.00 bits per heavy atom. The van der Waals surface area contributed by atoms with Gasteiger partial charge in [-0.3, -0.25) is 0 Å². The monoisotopic (exact) mass is 298 g/mol. The van der Waals surface area contributed by atoms with Crippen LogP contribution in [0.2, 0.25) is 0 Å². The second-order valence-corrected chi connectivity index (χ2v) is 5.31. The molecule has 4 nitrogen and oxygen atoms in total. The molecule has 0 aliphatic carbocycles. The second kappa shape index (κ2) is 6.98. The van der Waals surface area contributed by atoms with Gasteiger partial charge in [0.05, 0.1) is 6.61 Å². The molecule has 0 atom stereocenters. The van der Waals surface area contributed by atoms with Crippen LogP contribution in [0.3, 0.4) is 0 Å². The zero-order valence-corrected chi connectivity index (χ0v) is 13.5. The number of nitrogens with one attached hydrogen (secondary N) is 2. The smallest absolute Gasteiger partial charge is 0.323 e. The van der Waals surface area contributed by atoms with Crippen LogP contribution in [0.4, 0.5) is 16.2 Å². The lowest BCUT2D eigenvalue weighted by atomic mass is 10.1. The van der Waals surface area contributed by atoms with E-state index >= 15 is 0 Å². The van der Waals surface area contributed by atoms with Crippen molar-refractivity contribution in [3.05, 3.63) is 53.1 Å². The fourth-order valence-electron chi connectivity index (χ4n) is 2.45. The number of anilines is 2. The van der Waals surface area contributed by atoms with Gasteiger partial charge in [0.2, 0.25) is 0 Å². The van der Waals surface area contributed by atoms with E-state index in [0.29, 0.717) is 6.61 Å². The molecule has 22 heavy (non-hydrogen) atoms. The third-order valence-corrected chi connectivity index (χ3v) is 3.34. The van der Waals surface area contributed by atoms with Gasteiger partial charge in [-0.25, -0.2) is 4.79 Å². The van der Waals surface area contributed by atoms with Crippen molar-refractivity contribution in [1.82, 2.24) is 0 Å². The minimum atomic E-state index is -0.251. The highest BCUT2D eigenvalue weighted by Gasteiger charge is 2.08. The quantitative estimate of drug-likeness (QED) is 0.863. The van der Waals surface area contributed by atoms with E-state index in [-0.39, 0.29) is 6.03 Å². The standard InChI is InChI=1S/C18H22N2O2/c1-5-22-16-8-6-15(7-9-16)19-18(21)20-17-13(3)10-12(2)11-14(17)4/h6-11H,5H2,1-4H3,(H2,19,20,21). The molecule has 2 N–H and O–H groups in total. The van der Waals surface area contributed by atoms with Crippen molar-refractivity contribution in [2.24, 2.45) is 0 Å². The fourth-order valence-corrected chi connectivity index (χ4v) is 2.45. The zero-order valence-electron chi connectivity index (χ0n) is 13.5. The Kier molecular flexibility index (Phi) is 5.04. The van der Waals surface area contributed by atoms with E-state index in [2.05, 4.69) is 22.8 Å². The number of hydrogen-bond donors (Lipinski definition) is 2. The maximum atomic E-state index is 12.1. The molecule has 0 radical (unpaired) electrons. The van der Waals surface area contributed by atoms with E-state index < -0.39 is 0 Å². The largest absolute Gasteiger partial charge is 0.494 e. The van der Waals surface area contributed by atoms with Crippen LogP contribution in [0.25, 0.3) is 0 Å². The van der Waals surface area contributed by atoms with Crippen molar-refractivity contribution in [2.45, 2.75) is 27.7 Å². The van der Waals surface area contributed by atoms with Crippen molar-refractivity contribution in [3.8, 4) is 5.75 Å². The van der Waals surface area contributed by atoms with E-state index in [1.807, 2.05) is 52.0 Å². The average Bonchev–Trinajstić information content (AvgIpc) is 2.45. The summed E-state index contributed by atoms with van der Waals surface area (Å²) in [5.41, 5.74) is 4.88. The first-order chi connectivity index (χ1) is 10.5. The Labute approximate surface area is 131 Å². The van der Waals surface area contributed by atoms with Crippen molar-refractivity contribution in [2.75, 3.05) is 17.2 Å². The van der Waals surface area contributed by atoms with Gasteiger partial charge < -0.3 is 15.4 Å². The summed E-state index contributed by atoms with van der Waals surface area (Å²) in [5.74, 6) is 0.790. The molecular formula is C18H22N2O2. The van der Waals surface area contributed by atoms with Crippen LogP contribution in [-0.2, 0) is 0 Å². The number of carbonyl (C=O) groups excluding carboxylic acids is 1. The lowest BCUT2D eigenvalue weighted by Gasteiger charge is -2.14. The Morgan fingerprint density at radius 2 is 1.59 bits per heavy atom. The molecule has 0 bridgehead atoms. The number of benzene rings is 2. The molecular weight excluding hydrogens is 276 g/mol. The number of rotatable bonds is 4. The average molecular weight is 298 g/mol. The van der Waals surface area contributed by atoms with Gasteiger partial charge in [-0.05, 0) is 63.1 Å². The maximum Gasteiger partial charge on any atom is 0.323 e. The molecule has 4 heteroatoms. The molecule has 0 spiro atoms. The van der Waals surface area contributed by atoms with E-state index in [4.69, 9.17) is 4.74 Å². The minimum absolute atomic E-state index is 0.251. The third kappa shape index (κ3) is 4.01. The van der Waals surface area contributed by atoms with Gasteiger partial charge in [0, 0.05) is 11.4 Å². The Balaban J connectivity index is 2.04. The molecule has 0 heterocycles. The first-order valence-corrected chi connectivity index (χ1v) is 7.38. The van der Waals surface area contributed by atoms with E-state index in [1.165, 1.54) is 5.56 Å². The summed E-state index contributed by atoms with van der Waals surface area (Å²) in [6.45, 7) is 8.59. The molecule has 0 aromatic heterocycles. The lowest BCUT2D eigenvalue weighted by molar-refractivity contribution is 0.262. The first-order valence-electron chi connectivity index (χ1n) is 7.38. The third-order valence-electron chi connectivity index (χ3n) is 3.34. The van der Waals surface area contributed by atoms with Crippen LogP contribution in [0.5, 0.6) is 5.75 Å². The number of amides is 2. The van der Waals surface area contributed by atoms with Crippen molar-refractivity contribution in [1.29, 1.82) is 0 Å². The zero-order chi connectivity index (χ0) is 16.1. The predicted molar refractivity (Wildman–Crippen MR) is 90.9 cm³/mol. The number of ether oxygens (including phenoxy) is 1. The normalized spacial score (nSPS) is 10.2.